The van der Waals surface area contributed by atoms with Gasteiger partial charge in [0.2, 0.25) is 0 Å². The van der Waals surface area contributed by atoms with Gasteiger partial charge < -0.3 is 0 Å². The van der Waals surface area contributed by atoms with Crippen molar-refractivity contribution in [3.05, 3.63) is 47.6 Å². The maximum atomic E-state index is 4.69. The zero-order chi connectivity index (χ0) is 14.8. The van der Waals surface area contributed by atoms with Crippen molar-refractivity contribution in [2.24, 2.45) is 4.99 Å². The summed E-state index contributed by atoms with van der Waals surface area (Å²) in [6.07, 6.45) is 1.82. The van der Waals surface area contributed by atoms with Crippen LogP contribution in [-0.2, 0) is 0 Å². The minimum Gasteiger partial charge on any atom is -0.274 e. The molecule has 3 heterocycles. The van der Waals surface area contributed by atoms with Crippen LogP contribution in [0.15, 0.2) is 57.5 Å². The molecule has 22 heavy (non-hydrogen) atoms. The summed E-state index contributed by atoms with van der Waals surface area (Å²) < 4.78 is 1.22. The van der Waals surface area contributed by atoms with Gasteiger partial charge >= 0.3 is 0 Å². The molecule has 1 aromatic carbocycles. The lowest BCUT2D eigenvalue weighted by atomic mass is 10.3. The van der Waals surface area contributed by atoms with Gasteiger partial charge in [-0.2, -0.15) is 0 Å². The number of hydrogen-bond donors (Lipinski definition) is 0. The van der Waals surface area contributed by atoms with Gasteiger partial charge in [-0.3, -0.25) is 4.99 Å². The first kappa shape index (κ1) is 14.6. The number of rotatable bonds is 4. The SMILES string of the molecule is c1ccc(SSc2ccc3nc(C4=NCCS4)sc3c2)nc1. The average molecular weight is 362 g/mol. The Morgan fingerprint density at radius 1 is 1.09 bits per heavy atom. The number of thiazole rings is 1. The summed E-state index contributed by atoms with van der Waals surface area (Å²) in [5.74, 6) is 1.08. The minimum absolute atomic E-state index is 0.914. The molecule has 1 aliphatic rings. The van der Waals surface area contributed by atoms with Crippen molar-refractivity contribution in [1.82, 2.24) is 9.97 Å². The maximum absolute atomic E-state index is 4.69. The van der Waals surface area contributed by atoms with E-state index in [-0.39, 0.29) is 0 Å². The Morgan fingerprint density at radius 3 is 2.91 bits per heavy atom. The maximum Gasteiger partial charge on any atom is 0.149 e. The van der Waals surface area contributed by atoms with Gasteiger partial charge in [0.25, 0.3) is 0 Å². The first-order valence-electron chi connectivity index (χ1n) is 6.72. The number of aromatic nitrogens is 2. The van der Waals surface area contributed by atoms with Gasteiger partial charge in [0.1, 0.15) is 15.1 Å². The van der Waals surface area contributed by atoms with Crippen LogP contribution >= 0.6 is 44.7 Å². The van der Waals surface area contributed by atoms with Crippen molar-refractivity contribution >= 4 is 59.9 Å². The molecule has 7 heteroatoms. The van der Waals surface area contributed by atoms with Crippen molar-refractivity contribution < 1.29 is 0 Å². The molecule has 0 radical (unpaired) electrons. The van der Waals surface area contributed by atoms with Gasteiger partial charge in [-0.05, 0) is 41.1 Å². The highest BCUT2D eigenvalue weighted by atomic mass is 33.1. The van der Waals surface area contributed by atoms with Gasteiger partial charge in [-0.15, -0.1) is 23.1 Å². The third-order valence-electron chi connectivity index (χ3n) is 2.99. The first-order chi connectivity index (χ1) is 10.9. The Morgan fingerprint density at radius 2 is 2.09 bits per heavy atom. The largest absolute Gasteiger partial charge is 0.274 e. The molecule has 3 aromatic rings. The van der Waals surface area contributed by atoms with E-state index in [1.165, 1.54) is 9.60 Å². The van der Waals surface area contributed by atoms with Crippen molar-refractivity contribution in [2.45, 2.75) is 9.92 Å². The average Bonchev–Trinajstić information content (AvgIpc) is 3.22. The van der Waals surface area contributed by atoms with Gasteiger partial charge in [0, 0.05) is 23.4 Å². The van der Waals surface area contributed by atoms with Crippen LogP contribution in [0.25, 0.3) is 10.2 Å². The number of pyridine rings is 1. The second-order valence-electron chi connectivity index (χ2n) is 4.52. The highest BCUT2D eigenvalue weighted by molar-refractivity contribution is 8.76. The molecule has 110 valence electrons. The van der Waals surface area contributed by atoms with Crippen LogP contribution in [0.2, 0.25) is 0 Å². The highest BCUT2D eigenvalue weighted by Crippen LogP contribution is 2.38. The molecule has 0 bridgehead atoms. The number of hydrogen-bond acceptors (Lipinski definition) is 7. The van der Waals surface area contributed by atoms with E-state index in [1.807, 2.05) is 24.4 Å². The van der Waals surface area contributed by atoms with Crippen molar-refractivity contribution in [2.75, 3.05) is 12.3 Å². The van der Waals surface area contributed by atoms with Crippen LogP contribution < -0.4 is 0 Å². The molecule has 0 aliphatic carbocycles. The van der Waals surface area contributed by atoms with Gasteiger partial charge in [-0.1, -0.05) is 16.9 Å². The van der Waals surface area contributed by atoms with E-state index < -0.39 is 0 Å². The lowest BCUT2D eigenvalue weighted by molar-refractivity contribution is 1.14. The van der Waals surface area contributed by atoms with Crippen LogP contribution in [0.3, 0.4) is 0 Å². The van der Waals surface area contributed by atoms with E-state index in [2.05, 4.69) is 28.2 Å². The second kappa shape index (κ2) is 6.62. The van der Waals surface area contributed by atoms with E-state index in [4.69, 9.17) is 4.98 Å². The minimum atomic E-state index is 0.914. The summed E-state index contributed by atoms with van der Waals surface area (Å²) in [6, 6.07) is 12.4. The molecule has 0 saturated carbocycles. The molecule has 0 spiro atoms. The summed E-state index contributed by atoms with van der Waals surface area (Å²) in [7, 11) is 3.40. The summed E-state index contributed by atoms with van der Waals surface area (Å²) >= 11 is 3.53. The molecule has 1 aliphatic heterocycles. The first-order valence-corrected chi connectivity index (χ1v) is 10.7. The Kier molecular flexibility index (Phi) is 4.38. The van der Waals surface area contributed by atoms with Crippen molar-refractivity contribution in [3.8, 4) is 0 Å². The Hall–Kier alpha value is -1.02. The fourth-order valence-electron chi connectivity index (χ4n) is 2.00. The summed E-state index contributed by atoms with van der Waals surface area (Å²) in [6.45, 7) is 0.914. The van der Waals surface area contributed by atoms with Crippen molar-refractivity contribution in [3.63, 3.8) is 0 Å². The predicted octanol–water partition coefficient (Wildman–Crippen LogP) is 4.98. The Labute approximate surface area is 144 Å². The normalized spacial score (nSPS) is 14.5. The van der Waals surface area contributed by atoms with Crippen LogP contribution in [-0.4, -0.2) is 27.3 Å². The molecule has 3 nitrogen and oxygen atoms in total. The smallest absolute Gasteiger partial charge is 0.149 e. The van der Waals surface area contributed by atoms with E-state index in [0.717, 1.165) is 32.9 Å². The lowest BCUT2D eigenvalue weighted by Gasteiger charge is -1.99. The molecule has 2 aromatic heterocycles. The van der Waals surface area contributed by atoms with Gasteiger partial charge in [-0.25, -0.2) is 9.97 Å². The van der Waals surface area contributed by atoms with Crippen LogP contribution in [0.4, 0.5) is 0 Å². The standard InChI is InChI=1S/C15H11N3S4/c1-2-6-16-13(3-1)22-21-10-4-5-11-12(9-10)20-15(18-11)14-17-7-8-19-14/h1-6,9H,7-8H2. The third-order valence-corrected chi connectivity index (χ3v) is 7.41. The van der Waals surface area contributed by atoms with E-state index in [1.54, 1.807) is 44.7 Å². The molecule has 0 saturated heterocycles. The molecule has 0 fully saturated rings. The van der Waals surface area contributed by atoms with Crippen molar-refractivity contribution in [1.29, 1.82) is 0 Å². The van der Waals surface area contributed by atoms with E-state index in [9.17, 15) is 0 Å². The summed E-state index contributed by atoms with van der Waals surface area (Å²) in [5, 5.41) is 3.17. The molecule has 0 unspecified atom stereocenters. The molecule has 0 amide bonds. The van der Waals surface area contributed by atoms with E-state index >= 15 is 0 Å². The quantitative estimate of drug-likeness (QED) is 0.613. The molecular weight excluding hydrogens is 350 g/mol. The zero-order valence-electron chi connectivity index (χ0n) is 11.4. The highest BCUT2D eigenvalue weighted by Gasteiger charge is 2.14. The van der Waals surface area contributed by atoms with E-state index in [0.29, 0.717) is 0 Å². The fraction of sp³-hybridized carbons (Fsp3) is 0.133. The second-order valence-corrected chi connectivity index (χ2v) is 8.86. The zero-order valence-corrected chi connectivity index (χ0v) is 14.7. The molecular formula is C15H11N3S4. The van der Waals surface area contributed by atoms with Gasteiger partial charge in [0.15, 0.2) is 0 Å². The predicted molar refractivity (Wildman–Crippen MR) is 99.4 cm³/mol. The third kappa shape index (κ3) is 3.17. The lowest BCUT2D eigenvalue weighted by Crippen LogP contribution is -1.88. The number of nitrogens with zero attached hydrogens (tertiary/aromatic N) is 3. The van der Waals surface area contributed by atoms with Crippen LogP contribution in [0.1, 0.15) is 5.01 Å². The van der Waals surface area contributed by atoms with Crippen LogP contribution in [0.5, 0.6) is 0 Å². The summed E-state index contributed by atoms with van der Waals surface area (Å²) in [5.41, 5.74) is 1.06. The topological polar surface area (TPSA) is 38.1 Å². The Balaban J connectivity index is 1.55. The Bertz CT molecular complexity index is 829. The number of thioether (sulfide) groups is 1. The monoisotopic (exact) mass is 361 g/mol. The molecule has 0 N–H and O–H groups in total. The summed E-state index contributed by atoms with van der Waals surface area (Å²) in [4.78, 5) is 14.8. The number of aliphatic imine (C=N–C) groups is 1. The molecule has 4 rings (SSSR count). The van der Waals surface area contributed by atoms with Gasteiger partial charge in [0.05, 0.1) is 10.2 Å². The number of fused-ring (bicyclic) bond motifs is 1. The number of benzene rings is 1. The van der Waals surface area contributed by atoms with Crippen LogP contribution in [0, 0.1) is 0 Å². The fourth-order valence-corrected chi connectivity index (χ4v) is 5.87. The molecule has 0 atom stereocenters.